The SMILES string of the molecule is Nc1c(F)cccc1N1CCC(N2CCCC2)C1. The van der Waals surface area contributed by atoms with Gasteiger partial charge in [0.05, 0.1) is 11.4 Å². The number of nitrogens with two attached hydrogens (primary N) is 1. The van der Waals surface area contributed by atoms with Crippen LogP contribution in [0.2, 0.25) is 0 Å². The molecule has 1 atom stereocenters. The first-order chi connectivity index (χ1) is 8.75. The van der Waals surface area contributed by atoms with Crippen LogP contribution in [-0.2, 0) is 0 Å². The van der Waals surface area contributed by atoms with Gasteiger partial charge in [0.1, 0.15) is 5.82 Å². The predicted octanol–water partition coefficient (Wildman–Crippen LogP) is 2.08. The van der Waals surface area contributed by atoms with E-state index in [2.05, 4.69) is 9.80 Å². The number of likely N-dealkylation sites (tertiary alicyclic amines) is 1. The molecule has 2 heterocycles. The maximum atomic E-state index is 13.5. The van der Waals surface area contributed by atoms with E-state index >= 15 is 0 Å². The van der Waals surface area contributed by atoms with E-state index in [1.165, 1.54) is 32.0 Å². The molecule has 3 rings (SSSR count). The van der Waals surface area contributed by atoms with E-state index in [-0.39, 0.29) is 5.82 Å². The molecule has 2 N–H and O–H groups in total. The van der Waals surface area contributed by atoms with Crippen LogP contribution in [0.5, 0.6) is 0 Å². The lowest BCUT2D eigenvalue weighted by atomic mass is 10.2. The predicted molar refractivity (Wildman–Crippen MR) is 72.2 cm³/mol. The Morgan fingerprint density at radius 1 is 1.17 bits per heavy atom. The molecule has 0 saturated carbocycles. The summed E-state index contributed by atoms with van der Waals surface area (Å²) in [7, 11) is 0. The maximum Gasteiger partial charge on any atom is 0.148 e. The molecule has 0 radical (unpaired) electrons. The van der Waals surface area contributed by atoms with Crippen molar-refractivity contribution in [3.8, 4) is 0 Å². The molecule has 0 bridgehead atoms. The van der Waals surface area contributed by atoms with Crippen LogP contribution in [0.1, 0.15) is 19.3 Å². The molecule has 1 aromatic rings. The highest BCUT2D eigenvalue weighted by Gasteiger charge is 2.30. The number of rotatable bonds is 2. The van der Waals surface area contributed by atoms with Gasteiger partial charge in [-0.3, -0.25) is 4.90 Å². The number of nitrogen functional groups attached to an aromatic ring is 1. The summed E-state index contributed by atoms with van der Waals surface area (Å²) in [5.74, 6) is -0.308. The Morgan fingerprint density at radius 2 is 1.94 bits per heavy atom. The molecule has 1 unspecified atom stereocenters. The van der Waals surface area contributed by atoms with Crippen molar-refractivity contribution in [2.45, 2.75) is 25.3 Å². The molecule has 0 spiro atoms. The minimum atomic E-state index is -0.308. The zero-order valence-electron chi connectivity index (χ0n) is 10.6. The van der Waals surface area contributed by atoms with Crippen molar-refractivity contribution in [2.24, 2.45) is 0 Å². The molecule has 2 fully saturated rings. The Labute approximate surface area is 107 Å². The molecule has 0 aromatic heterocycles. The van der Waals surface area contributed by atoms with Crippen LogP contribution in [0.4, 0.5) is 15.8 Å². The second-order valence-corrected chi connectivity index (χ2v) is 5.30. The molecule has 98 valence electrons. The quantitative estimate of drug-likeness (QED) is 0.815. The van der Waals surface area contributed by atoms with E-state index < -0.39 is 0 Å². The number of halogens is 1. The second kappa shape index (κ2) is 4.76. The lowest BCUT2D eigenvalue weighted by Crippen LogP contribution is -2.35. The van der Waals surface area contributed by atoms with Crippen molar-refractivity contribution in [1.29, 1.82) is 0 Å². The van der Waals surface area contributed by atoms with Gasteiger partial charge in [0, 0.05) is 19.1 Å². The summed E-state index contributed by atoms with van der Waals surface area (Å²) in [6, 6.07) is 5.71. The minimum absolute atomic E-state index is 0.291. The zero-order valence-corrected chi connectivity index (χ0v) is 10.6. The highest BCUT2D eigenvalue weighted by molar-refractivity contribution is 5.68. The van der Waals surface area contributed by atoms with Gasteiger partial charge in [0.15, 0.2) is 0 Å². The molecule has 18 heavy (non-hydrogen) atoms. The molecular formula is C14H20FN3. The van der Waals surface area contributed by atoms with Gasteiger partial charge in [-0.25, -0.2) is 4.39 Å². The van der Waals surface area contributed by atoms with E-state index in [0.717, 1.165) is 25.2 Å². The number of anilines is 2. The lowest BCUT2D eigenvalue weighted by molar-refractivity contribution is 0.260. The number of para-hydroxylation sites is 1. The summed E-state index contributed by atoms with van der Waals surface area (Å²) in [4.78, 5) is 4.79. The van der Waals surface area contributed by atoms with Crippen LogP contribution in [0.3, 0.4) is 0 Å². The van der Waals surface area contributed by atoms with E-state index in [4.69, 9.17) is 5.73 Å². The molecule has 2 aliphatic heterocycles. The molecule has 2 saturated heterocycles. The number of hydrogen-bond donors (Lipinski definition) is 1. The summed E-state index contributed by atoms with van der Waals surface area (Å²) in [5, 5.41) is 0. The van der Waals surface area contributed by atoms with Gasteiger partial charge < -0.3 is 10.6 Å². The van der Waals surface area contributed by atoms with E-state index in [1.54, 1.807) is 6.07 Å². The molecule has 2 aliphatic rings. The van der Waals surface area contributed by atoms with E-state index in [1.807, 2.05) is 6.07 Å². The largest absolute Gasteiger partial charge is 0.395 e. The van der Waals surface area contributed by atoms with Gasteiger partial charge in [0.2, 0.25) is 0 Å². The maximum absolute atomic E-state index is 13.5. The fraction of sp³-hybridized carbons (Fsp3) is 0.571. The summed E-state index contributed by atoms with van der Waals surface area (Å²) in [5.41, 5.74) is 6.98. The van der Waals surface area contributed by atoms with Gasteiger partial charge in [-0.1, -0.05) is 6.07 Å². The van der Waals surface area contributed by atoms with Gasteiger partial charge >= 0.3 is 0 Å². The zero-order chi connectivity index (χ0) is 12.5. The van der Waals surface area contributed by atoms with Gasteiger partial charge in [-0.05, 0) is 44.5 Å². The molecule has 1 aromatic carbocycles. The number of nitrogens with zero attached hydrogens (tertiary/aromatic N) is 2. The van der Waals surface area contributed by atoms with Crippen LogP contribution in [-0.4, -0.2) is 37.1 Å². The van der Waals surface area contributed by atoms with Crippen LogP contribution in [0.25, 0.3) is 0 Å². The van der Waals surface area contributed by atoms with Crippen molar-refractivity contribution < 1.29 is 4.39 Å². The van der Waals surface area contributed by atoms with E-state index in [9.17, 15) is 4.39 Å². The van der Waals surface area contributed by atoms with Crippen LogP contribution in [0.15, 0.2) is 18.2 Å². The smallest absolute Gasteiger partial charge is 0.148 e. The van der Waals surface area contributed by atoms with Crippen molar-refractivity contribution in [3.63, 3.8) is 0 Å². The first-order valence-corrected chi connectivity index (χ1v) is 6.78. The molecule has 3 nitrogen and oxygen atoms in total. The third-order valence-electron chi connectivity index (χ3n) is 4.19. The Kier molecular flexibility index (Phi) is 3.12. The highest BCUT2D eigenvalue weighted by Crippen LogP contribution is 2.30. The summed E-state index contributed by atoms with van der Waals surface area (Å²) < 4.78 is 13.5. The third-order valence-corrected chi connectivity index (χ3v) is 4.19. The molecule has 4 heteroatoms. The molecular weight excluding hydrogens is 229 g/mol. The minimum Gasteiger partial charge on any atom is -0.395 e. The van der Waals surface area contributed by atoms with Gasteiger partial charge in [0.25, 0.3) is 0 Å². The Bertz CT molecular complexity index is 429. The van der Waals surface area contributed by atoms with Gasteiger partial charge in [-0.15, -0.1) is 0 Å². The average molecular weight is 249 g/mol. The summed E-state index contributed by atoms with van der Waals surface area (Å²) >= 11 is 0. The lowest BCUT2D eigenvalue weighted by Gasteiger charge is -2.25. The Hall–Kier alpha value is -1.29. The second-order valence-electron chi connectivity index (χ2n) is 5.30. The highest BCUT2D eigenvalue weighted by atomic mass is 19.1. The Balaban J connectivity index is 1.73. The Morgan fingerprint density at radius 3 is 2.72 bits per heavy atom. The van der Waals surface area contributed by atoms with Crippen LogP contribution in [0, 0.1) is 5.82 Å². The van der Waals surface area contributed by atoms with Crippen molar-refractivity contribution in [1.82, 2.24) is 4.90 Å². The molecule has 0 amide bonds. The van der Waals surface area contributed by atoms with Gasteiger partial charge in [-0.2, -0.15) is 0 Å². The van der Waals surface area contributed by atoms with Crippen LogP contribution >= 0.6 is 0 Å². The monoisotopic (exact) mass is 249 g/mol. The molecule has 0 aliphatic carbocycles. The topological polar surface area (TPSA) is 32.5 Å². The van der Waals surface area contributed by atoms with Crippen molar-refractivity contribution >= 4 is 11.4 Å². The van der Waals surface area contributed by atoms with Crippen LogP contribution < -0.4 is 10.6 Å². The van der Waals surface area contributed by atoms with Crippen molar-refractivity contribution in [2.75, 3.05) is 36.8 Å². The van der Waals surface area contributed by atoms with E-state index in [0.29, 0.717) is 11.7 Å². The first kappa shape index (κ1) is 11.8. The van der Waals surface area contributed by atoms with Crippen molar-refractivity contribution in [3.05, 3.63) is 24.0 Å². The summed E-state index contributed by atoms with van der Waals surface area (Å²) in [6.07, 6.45) is 3.80. The first-order valence-electron chi connectivity index (χ1n) is 6.78. The fourth-order valence-electron chi connectivity index (χ4n) is 3.17. The normalized spacial score (nSPS) is 24.9. The fourth-order valence-corrected chi connectivity index (χ4v) is 3.17. The average Bonchev–Trinajstić information content (AvgIpc) is 3.01. The number of hydrogen-bond acceptors (Lipinski definition) is 3. The third kappa shape index (κ3) is 2.05. The summed E-state index contributed by atoms with van der Waals surface area (Å²) in [6.45, 7) is 4.40. The number of benzene rings is 1. The standard InChI is InChI=1S/C14H20FN3/c15-12-4-3-5-13(14(12)16)18-9-6-11(10-18)17-7-1-2-8-17/h3-5,11H,1-2,6-10,16H2.